The Balaban J connectivity index is 1.90. The number of carbonyl (C=O) groups is 1. The maximum Gasteiger partial charge on any atom is 0.234 e. The molecule has 0 unspecified atom stereocenters. The first kappa shape index (κ1) is 13.9. The summed E-state index contributed by atoms with van der Waals surface area (Å²) in [6, 6.07) is 5.21. The molecule has 0 aliphatic rings. The zero-order chi connectivity index (χ0) is 13.8. The maximum atomic E-state index is 11.8. The number of H-pyrrole nitrogens is 1. The summed E-state index contributed by atoms with van der Waals surface area (Å²) in [6.07, 6.45) is 0. The number of rotatable bonds is 4. The van der Waals surface area contributed by atoms with Crippen LogP contribution >= 0.6 is 27.7 Å². The number of amides is 1. The highest BCUT2D eigenvalue weighted by Gasteiger charge is 2.08. The summed E-state index contributed by atoms with van der Waals surface area (Å²) in [4.78, 5) is 15.9. The Labute approximate surface area is 122 Å². The van der Waals surface area contributed by atoms with Crippen molar-refractivity contribution in [3.63, 3.8) is 0 Å². The van der Waals surface area contributed by atoms with Gasteiger partial charge in [-0.25, -0.2) is 4.98 Å². The Morgan fingerprint density at radius 2 is 2.37 bits per heavy atom. The van der Waals surface area contributed by atoms with Crippen LogP contribution in [0.1, 0.15) is 5.82 Å². The van der Waals surface area contributed by atoms with E-state index in [1.807, 2.05) is 6.92 Å². The van der Waals surface area contributed by atoms with E-state index < -0.39 is 0 Å². The number of aromatic nitrogens is 3. The summed E-state index contributed by atoms with van der Waals surface area (Å²) in [5, 5.41) is 10.0. The van der Waals surface area contributed by atoms with E-state index in [-0.39, 0.29) is 11.7 Å². The standard InChI is InChI=1S/C11H12BrN5OS/c1-6-14-11(17-16-6)19-5-10(18)15-9-3-2-7(13)4-8(9)12/h2-4H,5,13H2,1H3,(H,15,18)(H,14,16,17). The third-order valence-electron chi connectivity index (χ3n) is 2.18. The number of nitrogens with two attached hydrogens (primary N) is 1. The summed E-state index contributed by atoms with van der Waals surface area (Å²) >= 11 is 4.62. The van der Waals surface area contributed by atoms with Gasteiger partial charge in [-0.05, 0) is 41.1 Å². The van der Waals surface area contributed by atoms with Gasteiger partial charge in [-0.2, -0.15) is 0 Å². The van der Waals surface area contributed by atoms with Crippen molar-refractivity contribution in [3.8, 4) is 0 Å². The molecule has 0 spiro atoms. The van der Waals surface area contributed by atoms with Crippen molar-refractivity contribution in [1.29, 1.82) is 0 Å². The molecule has 2 aromatic rings. The molecule has 0 bridgehead atoms. The zero-order valence-electron chi connectivity index (χ0n) is 10.1. The van der Waals surface area contributed by atoms with Gasteiger partial charge in [0.2, 0.25) is 11.1 Å². The second-order valence-corrected chi connectivity index (χ2v) is 5.58. The van der Waals surface area contributed by atoms with Crippen LogP contribution in [0.15, 0.2) is 27.8 Å². The van der Waals surface area contributed by atoms with Gasteiger partial charge in [0, 0.05) is 10.2 Å². The van der Waals surface area contributed by atoms with Crippen molar-refractivity contribution in [3.05, 3.63) is 28.5 Å². The van der Waals surface area contributed by atoms with Gasteiger partial charge in [-0.1, -0.05) is 11.8 Å². The van der Waals surface area contributed by atoms with Crippen LogP contribution < -0.4 is 11.1 Å². The summed E-state index contributed by atoms with van der Waals surface area (Å²) in [6.45, 7) is 1.81. The average Bonchev–Trinajstić information content (AvgIpc) is 2.76. The van der Waals surface area contributed by atoms with Gasteiger partial charge in [0.05, 0.1) is 11.4 Å². The highest BCUT2D eigenvalue weighted by molar-refractivity contribution is 9.10. The Bertz CT molecular complexity index is 601. The summed E-state index contributed by atoms with van der Waals surface area (Å²) in [7, 11) is 0. The van der Waals surface area contributed by atoms with Gasteiger partial charge in [-0.15, -0.1) is 5.10 Å². The van der Waals surface area contributed by atoms with Crippen molar-refractivity contribution in [1.82, 2.24) is 15.2 Å². The Morgan fingerprint density at radius 1 is 1.58 bits per heavy atom. The average molecular weight is 342 g/mol. The maximum absolute atomic E-state index is 11.8. The first-order chi connectivity index (χ1) is 9.04. The fraction of sp³-hybridized carbons (Fsp3) is 0.182. The second kappa shape index (κ2) is 6.07. The predicted octanol–water partition coefficient (Wildman–Crippen LogP) is 2.19. The van der Waals surface area contributed by atoms with Crippen LogP contribution in [0.2, 0.25) is 0 Å². The lowest BCUT2D eigenvalue weighted by Crippen LogP contribution is -2.14. The molecule has 0 radical (unpaired) electrons. The van der Waals surface area contributed by atoms with Crippen molar-refractivity contribution in [2.24, 2.45) is 0 Å². The molecule has 1 heterocycles. The van der Waals surface area contributed by atoms with Crippen LogP contribution in [-0.2, 0) is 4.79 Å². The third kappa shape index (κ3) is 3.97. The van der Waals surface area contributed by atoms with E-state index in [0.29, 0.717) is 16.5 Å². The number of hydrogen-bond donors (Lipinski definition) is 3. The Morgan fingerprint density at radius 3 is 3.00 bits per heavy atom. The molecule has 0 fully saturated rings. The first-order valence-electron chi connectivity index (χ1n) is 5.41. The van der Waals surface area contributed by atoms with E-state index >= 15 is 0 Å². The minimum absolute atomic E-state index is 0.127. The highest BCUT2D eigenvalue weighted by atomic mass is 79.9. The Kier molecular flexibility index (Phi) is 4.43. The zero-order valence-corrected chi connectivity index (χ0v) is 12.5. The number of carbonyl (C=O) groups excluding carboxylic acids is 1. The number of nitrogens with zero attached hydrogens (tertiary/aromatic N) is 2. The van der Waals surface area contributed by atoms with Crippen LogP contribution in [0.25, 0.3) is 0 Å². The van der Waals surface area contributed by atoms with Crippen molar-refractivity contribution >= 4 is 45.0 Å². The van der Waals surface area contributed by atoms with Gasteiger partial charge in [0.15, 0.2) is 0 Å². The van der Waals surface area contributed by atoms with Crippen molar-refractivity contribution < 1.29 is 4.79 Å². The van der Waals surface area contributed by atoms with E-state index in [0.717, 1.165) is 10.3 Å². The minimum atomic E-state index is -0.127. The SMILES string of the molecule is Cc1nc(SCC(=O)Nc2ccc(N)cc2Br)n[nH]1. The lowest BCUT2D eigenvalue weighted by molar-refractivity contribution is -0.113. The largest absolute Gasteiger partial charge is 0.399 e. The van der Waals surface area contributed by atoms with Crippen LogP contribution in [0, 0.1) is 6.92 Å². The normalized spacial score (nSPS) is 10.4. The number of thioether (sulfide) groups is 1. The number of benzene rings is 1. The van der Waals surface area contributed by atoms with Gasteiger partial charge < -0.3 is 11.1 Å². The minimum Gasteiger partial charge on any atom is -0.399 e. The molecule has 0 saturated heterocycles. The number of aromatic amines is 1. The molecule has 0 atom stereocenters. The number of hydrogen-bond acceptors (Lipinski definition) is 5. The molecule has 0 aliphatic heterocycles. The molecule has 19 heavy (non-hydrogen) atoms. The number of halogens is 1. The van der Waals surface area contributed by atoms with E-state index in [1.165, 1.54) is 11.8 Å². The molecule has 6 nitrogen and oxygen atoms in total. The number of nitrogens with one attached hydrogen (secondary N) is 2. The molecule has 0 aliphatic carbocycles. The summed E-state index contributed by atoms with van der Waals surface area (Å²) < 4.78 is 0.750. The number of anilines is 2. The third-order valence-corrected chi connectivity index (χ3v) is 3.68. The van der Waals surface area contributed by atoms with Gasteiger partial charge in [0.1, 0.15) is 5.82 Å². The molecule has 1 aromatic heterocycles. The smallest absolute Gasteiger partial charge is 0.234 e. The molecule has 4 N–H and O–H groups in total. The number of aryl methyl sites for hydroxylation is 1. The predicted molar refractivity (Wildman–Crippen MR) is 79.0 cm³/mol. The van der Waals surface area contributed by atoms with E-state index in [1.54, 1.807) is 18.2 Å². The lowest BCUT2D eigenvalue weighted by Gasteiger charge is -2.07. The van der Waals surface area contributed by atoms with Crippen LogP contribution in [0.3, 0.4) is 0 Å². The Hall–Kier alpha value is -1.54. The van der Waals surface area contributed by atoms with Gasteiger partial charge >= 0.3 is 0 Å². The molecule has 2 rings (SSSR count). The molecular formula is C11H12BrN5OS. The van der Waals surface area contributed by atoms with Crippen LogP contribution in [0.5, 0.6) is 0 Å². The molecule has 1 aromatic carbocycles. The highest BCUT2D eigenvalue weighted by Crippen LogP contribution is 2.25. The lowest BCUT2D eigenvalue weighted by atomic mass is 10.3. The van der Waals surface area contributed by atoms with Gasteiger partial charge in [-0.3, -0.25) is 9.89 Å². The van der Waals surface area contributed by atoms with E-state index in [4.69, 9.17) is 5.73 Å². The fourth-order valence-corrected chi connectivity index (χ4v) is 2.48. The van der Waals surface area contributed by atoms with Crippen LogP contribution in [-0.4, -0.2) is 26.8 Å². The first-order valence-corrected chi connectivity index (χ1v) is 7.19. The monoisotopic (exact) mass is 341 g/mol. The summed E-state index contributed by atoms with van der Waals surface area (Å²) in [5.41, 5.74) is 6.95. The second-order valence-electron chi connectivity index (χ2n) is 3.78. The van der Waals surface area contributed by atoms with Crippen molar-refractivity contribution in [2.75, 3.05) is 16.8 Å². The topological polar surface area (TPSA) is 96.7 Å². The van der Waals surface area contributed by atoms with Crippen molar-refractivity contribution in [2.45, 2.75) is 12.1 Å². The number of nitrogen functional groups attached to an aromatic ring is 1. The summed E-state index contributed by atoms with van der Waals surface area (Å²) in [5.74, 6) is 0.843. The molecule has 8 heteroatoms. The van der Waals surface area contributed by atoms with Gasteiger partial charge in [0.25, 0.3) is 0 Å². The molecular weight excluding hydrogens is 330 g/mol. The molecule has 0 saturated carbocycles. The molecule has 100 valence electrons. The quantitative estimate of drug-likeness (QED) is 0.585. The van der Waals surface area contributed by atoms with E-state index in [9.17, 15) is 4.79 Å². The fourth-order valence-electron chi connectivity index (χ4n) is 1.34. The molecule has 1 amide bonds. The van der Waals surface area contributed by atoms with E-state index in [2.05, 4.69) is 36.4 Å². The van der Waals surface area contributed by atoms with Crippen LogP contribution in [0.4, 0.5) is 11.4 Å².